The Hall–Kier alpha value is -2.03. The second-order valence-corrected chi connectivity index (χ2v) is 3.61. The molecule has 0 saturated carbocycles. The lowest BCUT2D eigenvalue weighted by molar-refractivity contribution is 1.30. The van der Waals surface area contributed by atoms with Gasteiger partial charge in [-0.05, 0) is 18.2 Å². The molecule has 3 nitrogen and oxygen atoms in total. The van der Waals surface area contributed by atoms with Crippen LogP contribution in [0.25, 0.3) is 17.0 Å². The summed E-state index contributed by atoms with van der Waals surface area (Å²) in [6.45, 7) is 0.850. The molecule has 1 aromatic carbocycles. The summed E-state index contributed by atoms with van der Waals surface area (Å²) < 4.78 is 0. The van der Waals surface area contributed by atoms with Crippen molar-refractivity contribution in [1.82, 2.24) is 4.98 Å². The Labute approximate surface area is 87.6 Å². The third-order valence-electron chi connectivity index (χ3n) is 2.65. The summed E-state index contributed by atoms with van der Waals surface area (Å²) in [5.41, 5.74) is 9.92. The van der Waals surface area contributed by atoms with Gasteiger partial charge in [-0.25, -0.2) is 0 Å². The van der Waals surface area contributed by atoms with E-state index in [0.717, 1.165) is 34.4 Å². The molecule has 0 unspecified atom stereocenters. The first kappa shape index (κ1) is 8.29. The number of nitrogens with one attached hydrogen (secondary N) is 1. The highest BCUT2D eigenvalue weighted by Gasteiger charge is 2.11. The Morgan fingerprint density at radius 3 is 3.27 bits per heavy atom. The Bertz CT molecular complexity index is 558. The highest BCUT2D eigenvalue weighted by atomic mass is 14.9. The molecule has 0 bridgehead atoms. The van der Waals surface area contributed by atoms with Gasteiger partial charge in [0.15, 0.2) is 0 Å². The lowest BCUT2D eigenvalue weighted by atomic mass is 10.0. The normalized spacial score (nSPS) is 13.6. The lowest BCUT2D eigenvalue weighted by Gasteiger charge is -2.16. The summed E-state index contributed by atoms with van der Waals surface area (Å²) in [6, 6.07) is 5.89. The quantitative estimate of drug-likeness (QED) is 0.637. The molecule has 2 aromatic rings. The summed E-state index contributed by atoms with van der Waals surface area (Å²) in [7, 11) is 0. The number of pyridine rings is 1. The average Bonchev–Trinajstić information content (AvgIpc) is 2.30. The minimum atomic E-state index is 0.783. The van der Waals surface area contributed by atoms with E-state index in [9.17, 15) is 0 Å². The van der Waals surface area contributed by atoms with E-state index >= 15 is 0 Å². The van der Waals surface area contributed by atoms with Crippen LogP contribution in [0.5, 0.6) is 0 Å². The van der Waals surface area contributed by atoms with Crippen LogP contribution in [0.3, 0.4) is 0 Å². The zero-order valence-electron chi connectivity index (χ0n) is 8.20. The Morgan fingerprint density at radius 1 is 1.40 bits per heavy atom. The van der Waals surface area contributed by atoms with Gasteiger partial charge in [0.2, 0.25) is 0 Å². The number of anilines is 2. The van der Waals surface area contributed by atoms with Crippen LogP contribution in [0.2, 0.25) is 0 Å². The molecule has 15 heavy (non-hydrogen) atoms. The second-order valence-electron chi connectivity index (χ2n) is 3.61. The molecule has 0 spiro atoms. The molecule has 1 aliphatic heterocycles. The predicted molar refractivity (Wildman–Crippen MR) is 63.7 cm³/mol. The number of hydrogen-bond acceptors (Lipinski definition) is 3. The van der Waals surface area contributed by atoms with Crippen molar-refractivity contribution in [1.29, 1.82) is 0 Å². The van der Waals surface area contributed by atoms with E-state index in [4.69, 9.17) is 5.73 Å². The number of nitrogen functional groups attached to an aromatic ring is 1. The summed E-state index contributed by atoms with van der Waals surface area (Å²) in [6.07, 6.45) is 5.95. The first-order chi connectivity index (χ1) is 7.36. The SMILES string of the molecule is Nc1cc2c(c3ncccc13)NCC=C2. The summed E-state index contributed by atoms with van der Waals surface area (Å²) >= 11 is 0. The number of rotatable bonds is 0. The first-order valence-corrected chi connectivity index (χ1v) is 4.94. The molecule has 0 aliphatic carbocycles. The standard InChI is InChI=1S/C12H11N3/c13-10-7-8-3-1-5-14-11(8)12-9(10)4-2-6-15-12/h1-4,6-7,14H,5,13H2. The Balaban J connectivity index is 2.45. The maximum absolute atomic E-state index is 5.98. The van der Waals surface area contributed by atoms with Crippen LogP contribution in [0.15, 0.2) is 30.5 Å². The second kappa shape index (κ2) is 2.98. The molecule has 3 heteroatoms. The summed E-state index contributed by atoms with van der Waals surface area (Å²) in [4.78, 5) is 4.38. The molecule has 1 aliphatic rings. The predicted octanol–water partition coefficient (Wildman–Crippen LogP) is 2.26. The molecule has 0 fully saturated rings. The van der Waals surface area contributed by atoms with Gasteiger partial charge < -0.3 is 11.1 Å². The lowest BCUT2D eigenvalue weighted by Crippen LogP contribution is -2.06. The van der Waals surface area contributed by atoms with E-state index in [1.54, 1.807) is 6.20 Å². The monoisotopic (exact) mass is 197 g/mol. The van der Waals surface area contributed by atoms with Crippen molar-refractivity contribution in [3.63, 3.8) is 0 Å². The van der Waals surface area contributed by atoms with Gasteiger partial charge in [-0.15, -0.1) is 0 Å². The van der Waals surface area contributed by atoms with E-state index in [0.29, 0.717) is 0 Å². The van der Waals surface area contributed by atoms with Gasteiger partial charge in [0.1, 0.15) is 0 Å². The highest BCUT2D eigenvalue weighted by Crippen LogP contribution is 2.32. The van der Waals surface area contributed by atoms with Gasteiger partial charge in [0, 0.05) is 29.4 Å². The van der Waals surface area contributed by atoms with Gasteiger partial charge in [-0.3, -0.25) is 4.98 Å². The number of aromatic nitrogens is 1. The van der Waals surface area contributed by atoms with Crippen LogP contribution in [-0.4, -0.2) is 11.5 Å². The first-order valence-electron chi connectivity index (χ1n) is 4.94. The van der Waals surface area contributed by atoms with E-state index in [1.165, 1.54) is 0 Å². The van der Waals surface area contributed by atoms with E-state index in [2.05, 4.69) is 22.5 Å². The minimum Gasteiger partial charge on any atom is -0.398 e. The van der Waals surface area contributed by atoms with Crippen molar-refractivity contribution < 1.29 is 0 Å². The Kier molecular flexibility index (Phi) is 1.65. The Morgan fingerprint density at radius 2 is 2.33 bits per heavy atom. The van der Waals surface area contributed by atoms with Crippen molar-refractivity contribution in [3.05, 3.63) is 36.0 Å². The fourth-order valence-electron chi connectivity index (χ4n) is 1.96. The van der Waals surface area contributed by atoms with E-state index in [1.807, 2.05) is 18.2 Å². The molecule has 0 atom stereocenters. The molecule has 0 amide bonds. The minimum absolute atomic E-state index is 0.783. The van der Waals surface area contributed by atoms with Crippen LogP contribution < -0.4 is 11.1 Å². The van der Waals surface area contributed by atoms with Gasteiger partial charge in [-0.1, -0.05) is 12.2 Å². The van der Waals surface area contributed by atoms with Gasteiger partial charge in [0.05, 0.1) is 11.2 Å². The molecule has 1 aromatic heterocycles. The van der Waals surface area contributed by atoms with Gasteiger partial charge >= 0.3 is 0 Å². The third-order valence-corrected chi connectivity index (χ3v) is 2.65. The van der Waals surface area contributed by atoms with Crippen molar-refractivity contribution in [2.75, 3.05) is 17.6 Å². The fraction of sp³-hybridized carbons (Fsp3) is 0.0833. The highest BCUT2D eigenvalue weighted by molar-refractivity contribution is 6.02. The molecule has 2 heterocycles. The molecule has 3 rings (SSSR count). The number of fused-ring (bicyclic) bond motifs is 3. The van der Waals surface area contributed by atoms with Crippen molar-refractivity contribution >= 4 is 28.4 Å². The molecule has 0 radical (unpaired) electrons. The largest absolute Gasteiger partial charge is 0.398 e. The zero-order valence-corrected chi connectivity index (χ0v) is 8.20. The van der Waals surface area contributed by atoms with Crippen molar-refractivity contribution in [2.45, 2.75) is 0 Å². The number of nitrogens with zero attached hydrogens (tertiary/aromatic N) is 1. The van der Waals surface area contributed by atoms with Crippen molar-refractivity contribution in [3.8, 4) is 0 Å². The van der Waals surface area contributed by atoms with E-state index in [-0.39, 0.29) is 0 Å². The van der Waals surface area contributed by atoms with Crippen molar-refractivity contribution in [2.24, 2.45) is 0 Å². The molecular weight excluding hydrogens is 186 g/mol. The van der Waals surface area contributed by atoms with Crippen LogP contribution >= 0.6 is 0 Å². The molecule has 0 saturated heterocycles. The molecule has 3 N–H and O–H groups in total. The summed E-state index contributed by atoms with van der Waals surface area (Å²) in [5.74, 6) is 0. The molecular formula is C12H11N3. The van der Waals surface area contributed by atoms with E-state index < -0.39 is 0 Å². The van der Waals surface area contributed by atoms with Gasteiger partial charge in [0.25, 0.3) is 0 Å². The number of benzene rings is 1. The maximum atomic E-state index is 5.98. The van der Waals surface area contributed by atoms with Crippen LogP contribution in [0.4, 0.5) is 11.4 Å². The van der Waals surface area contributed by atoms with Crippen LogP contribution in [0, 0.1) is 0 Å². The number of nitrogens with two attached hydrogens (primary N) is 1. The smallest absolute Gasteiger partial charge is 0.0960 e. The zero-order chi connectivity index (χ0) is 10.3. The van der Waals surface area contributed by atoms with Crippen LogP contribution in [-0.2, 0) is 0 Å². The average molecular weight is 197 g/mol. The van der Waals surface area contributed by atoms with Crippen LogP contribution in [0.1, 0.15) is 5.56 Å². The third kappa shape index (κ3) is 1.16. The fourth-order valence-corrected chi connectivity index (χ4v) is 1.96. The topological polar surface area (TPSA) is 50.9 Å². The molecule has 74 valence electrons. The number of hydrogen-bond donors (Lipinski definition) is 2. The van der Waals surface area contributed by atoms with Gasteiger partial charge in [-0.2, -0.15) is 0 Å². The maximum Gasteiger partial charge on any atom is 0.0960 e. The summed E-state index contributed by atoms with van der Waals surface area (Å²) in [5, 5.41) is 4.34.